The molecular weight excluding hydrogens is 322 g/mol. The van der Waals surface area contributed by atoms with Crippen molar-refractivity contribution in [2.75, 3.05) is 20.8 Å². The molecule has 1 atom stereocenters. The van der Waals surface area contributed by atoms with Crippen molar-refractivity contribution in [3.05, 3.63) is 46.2 Å². The van der Waals surface area contributed by atoms with E-state index in [2.05, 4.69) is 16.8 Å². The Morgan fingerprint density at radius 2 is 2.08 bits per heavy atom. The zero-order chi connectivity index (χ0) is 16.9. The van der Waals surface area contributed by atoms with Crippen LogP contribution in [0.25, 0.3) is 0 Å². The molecule has 1 aromatic heterocycles. The third kappa shape index (κ3) is 3.56. The molecule has 2 heterocycles. The fourth-order valence-electron chi connectivity index (χ4n) is 3.30. The summed E-state index contributed by atoms with van der Waals surface area (Å²) in [4.78, 5) is 14.7. The molecule has 1 aliphatic rings. The van der Waals surface area contributed by atoms with Crippen molar-refractivity contribution >= 4 is 17.2 Å². The summed E-state index contributed by atoms with van der Waals surface area (Å²) >= 11 is 1.68. The molecule has 1 fully saturated rings. The van der Waals surface area contributed by atoms with E-state index in [0.717, 1.165) is 37.1 Å². The summed E-state index contributed by atoms with van der Waals surface area (Å²) in [6, 6.07) is 8.18. The standard InChI is InChI=1S/C19H23NO3S/c1-22-17-7-6-15(12-18(17)23-2)16-4-3-10-20(16)19(21)8-5-14-9-11-24-13-14/h6-7,9,11-13,16H,3-5,8,10H2,1-2H3. The number of amides is 1. The first kappa shape index (κ1) is 16.8. The van der Waals surface area contributed by atoms with Crippen molar-refractivity contribution in [3.63, 3.8) is 0 Å². The topological polar surface area (TPSA) is 38.8 Å². The van der Waals surface area contributed by atoms with Crippen molar-refractivity contribution in [2.45, 2.75) is 31.7 Å². The maximum absolute atomic E-state index is 12.7. The highest BCUT2D eigenvalue weighted by atomic mass is 32.1. The largest absolute Gasteiger partial charge is 0.493 e. The van der Waals surface area contributed by atoms with Gasteiger partial charge in [0.05, 0.1) is 20.3 Å². The second-order valence-electron chi connectivity index (χ2n) is 5.99. The Morgan fingerprint density at radius 3 is 2.79 bits per heavy atom. The molecule has 128 valence electrons. The number of rotatable bonds is 6. The van der Waals surface area contributed by atoms with Gasteiger partial charge in [-0.25, -0.2) is 0 Å². The molecule has 0 radical (unpaired) electrons. The molecule has 5 heteroatoms. The Balaban J connectivity index is 1.71. The van der Waals surface area contributed by atoms with Crippen molar-refractivity contribution < 1.29 is 14.3 Å². The Kier molecular flexibility index (Phi) is 5.41. The normalized spacial score (nSPS) is 17.1. The SMILES string of the molecule is COc1ccc(C2CCCN2C(=O)CCc2ccsc2)cc1OC. The Labute approximate surface area is 147 Å². The first-order chi connectivity index (χ1) is 11.7. The number of carbonyl (C=O) groups excluding carboxylic acids is 1. The number of nitrogens with zero attached hydrogens (tertiary/aromatic N) is 1. The Hall–Kier alpha value is -2.01. The van der Waals surface area contributed by atoms with Gasteiger partial charge < -0.3 is 14.4 Å². The fraction of sp³-hybridized carbons (Fsp3) is 0.421. The van der Waals surface area contributed by atoms with Crippen LogP contribution in [0, 0.1) is 0 Å². The molecule has 2 aromatic rings. The van der Waals surface area contributed by atoms with Crippen LogP contribution in [-0.4, -0.2) is 31.6 Å². The third-order valence-electron chi connectivity index (χ3n) is 4.57. The van der Waals surface area contributed by atoms with Gasteiger partial charge in [-0.1, -0.05) is 6.07 Å². The molecule has 0 spiro atoms. The number of carbonyl (C=O) groups is 1. The van der Waals surface area contributed by atoms with E-state index in [4.69, 9.17) is 9.47 Å². The van der Waals surface area contributed by atoms with E-state index in [0.29, 0.717) is 12.2 Å². The van der Waals surface area contributed by atoms with Gasteiger partial charge in [-0.3, -0.25) is 4.79 Å². The van der Waals surface area contributed by atoms with Crippen molar-refractivity contribution in [1.82, 2.24) is 4.90 Å². The van der Waals surface area contributed by atoms with Gasteiger partial charge in [0.2, 0.25) is 5.91 Å². The molecule has 0 saturated carbocycles. The fourth-order valence-corrected chi connectivity index (χ4v) is 4.00. The predicted octanol–water partition coefficient (Wildman–Crippen LogP) is 4.06. The van der Waals surface area contributed by atoms with Crippen LogP contribution in [0.2, 0.25) is 0 Å². The van der Waals surface area contributed by atoms with Gasteiger partial charge >= 0.3 is 0 Å². The summed E-state index contributed by atoms with van der Waals surface area (Å²) in [5.74, 6) is 1.67. The molecule has 24 heavy (non-hydrogen) atoms. The molecule has 1 unspecified atom stereocenters. The monoisotopic (exact) mass is 345 g/mol. The van der Waals surface area contributed by atoms with Crippen LogP contribution in [-0.2, 0) is 11.2 Å². The molecule has 1 amide bonds. The van der Waals surface area contributed by atoms with Crippen molar-refractivity contribution in [3.8, 4) is 11.5 Å². The maximum atomic E-state index is 12.7. The molecule has 1 aromatic carbocycles. The highest BCUT2D eigenvalue weighted by Gasteiger charge is 2.30. The molecule has 3 rings (SSSR count). The van der Waals surface area contributed by atoms with Gasteiger partial charge in [-0.2, -0.15) is 11.3 Å². The number of hydrogen-bond donors (Lipinski definition) is 0. The van der Waals surface area contributed by atoms with Crippen LogP contribution in [0.4, 0.5) is 0 Å². The highest BCUT2D eigenvalue weighted by Crippen LogP contribution is 2.37. The second kappa shape index (κ2) is 7.71. The molecule has 0 N–H and O–H groups in total. The van der Waals surface area contributed by atoms with E-state index < -0.39 is 0 Å². The van der Waals surface area contributed by atoms with Crippen LogP contribution in [0.3, 0.4) is 0 Å². The van der Waals surface area contributed by atoms with Gasteiger partial charge in [0, 0.05) is 13.0 Å². The van der Waals surface area contributed by atoms with Crippen LogP contribution >= 0.6 is 11.3 Å². The van der Waals surface area contributed by atoms with E-state index in [1.54, 1.807) is 25.6 Å². The first-order valence-corrected chi connectivity index (χ1v) is 9.19. The summed E-state index contributed by atoms with van der Waals surface area (Å²) in [6.07, 6.45) is 3.43. The summed E-state index contributed by atoms with van der Waals surface area (Å²) in [6.45, 7) is 0.835. The van der Waals surface area contributed by atoms with Crippen LogP contribution in [0.1, 0.15) is 36.4 Å². The van der Waals surface area contributed by atoms with Gasteiger partial charge in [-0.15, -0.1) is 0 Å². The number of ether oxygens (including phenoxy) is 2. The molecule has 1 saturated heterocycles. The smallest absolute Gasteiger partial charge is 0.223 e. The van der Waals surface area contributed by atoms with Gasteiger partial charge in [0.1, 0.15) is 0 Å². The first-order valence-electron chi connectivity index (χ1n) is 8.25. The molecule has 4 nitrogen and oxygen atoms in total. The van der Waals surface area contributed by atoms with E-state index in [1.807, 2.05) is 23.1 Å². The van der Waals surface area contributed by atoms with E-state index >= 15 is 0 Å². The summed E-state index contributed by atoms with van der Waals surface area (Å²) in [7, 11) is 3.27. The predicted molar refractivity (Wildman–Crippen MR) is 95.9 cm³/mol. The lowest BCUT2D eigenvalue weighted by Crippen LogP contribution is -2.30. The summed E-state index contributed by atoms with van der Waals surface area (Å²) in [5.41, 5.74) is 2.37. The van der Waals surface area contributed by atoms with Crippen molar-refractivity contribution in [2.24, 2.45) is 0 Å². The van der Waals surface area contributed by atoms with Crippen LogP contribution in [0.5, 0.6) is 11.5 Å². The molecule has 0 aliphatic carbocycles. The number of thiophene rings is 1. The average Bonchev–Trinajstić information content (AvgIpc) is 3.30. The number of methoxy groups -OCH3 is 2. The number of aryl methyl sites for hydroxylation is 1. The van der Waals surface area contributed by atoms with Crippen molar-refractivity contribution in [1.29, 1.82) is 0 Å². The Bertz CT molecular complexity index is 684. The number of benzene rings is 1. The lowest BCUT2D eigenvalue weighted by atomic mass is 10.0. The minimum absolute atomic E-state index is 0.139. The highest BCUT2D eigenvalue weighted by molar-refractivity contribution is 7.07. The minimum atomic E-state index is 0.139. The van der Waals surface area contributed by atoms with Crippen LogP contribution in [0.15, 0.2) is 35.0 Å². The zero-order valence-corrected chi connectivity index (χ0v) is 15.0. The molecular formula is C19H23NO3S. The summed E-state index contributed by atoms with van der Waals surface area (Å²) < 4.78 is 10.7. The van der Waals surface area contributed by atoms with Gasteiger partial charge in [-0.05, 0) is 59.3 Å². The van der Waals surface area contributed by atoms with Gasteiger partial charge in [0.25, 0.3) is 0 Å². The lowest BCUT2D eigenvalue weighted by molar-refractivity contribution is -0.132. The van der Waals surface area contributed by atoms with E-state index in [9.17, 15) is 4.79 Å². The average molecular weight is 345 g/mol. The van der Waals surface area contributed by atoms with E-state index in [-0.39, 0.29) is 11.9 Å². The van der Waals surface area contributed by atoms with Gasteiger partial charge in [0.15, 0.2) is 11.5 Å². The molecule has 1 aliphatic heterocycles. The van der Waals surface area contributed by atoms with E-state index in [1.165, 1.54) is 5.56 Å². The Morgan fingerprint density at radius 1 is 1.25 bits per heavy atom. The second-order valence-corrected chi connectivity index (χ2v) is 6.77. The summed E-state index contributed by atoms with van der Waals surface area (Å²) in [5, 5.41) is 4.17. The minimum Gasteiger partial charge on any atom is -0.493 e. The lowest BCUT2D eigenvalue weighted by Gasteiger charge is -2.26. The van der Waals surface area contributed by atoms with Crippen LogP contribution < -0.4 is 9.47 Å². The third-order valence-corrected chi connectivity index (χ3v) is 5.31. The quantitative estimate of drug-likeness (QED) is 0.792. The maximum Gasteiger partial charge on any atom is 0.223 e. The number of likely N-dealkylation sites (tertiary alicyclic amines) is 1. The number of hydrogen-bond acceptors (Lipinski definition) is 4. The zero-order valence-electron chi connectivity index (χ0n) is 14.2. The molecule has 0 bridgehead atoms.